The number of nitrogens with one attached hydrogen (secondary N) is 1. The van der Waals surface area contributed by atoms with Gasteiger partial charge < -0.3 is 19.4 Å². The molecule has 0 radical (unpaired) electrons. The maximum atomic E-state index is 15.1. The summed E-state index contributed by atoms with van der Waals surface area (Å²) in [5.74, 6) is -0.938. The van der Waals surface area contributed by atoms with Crippen molar-refractivity contribution in [3.05, 3.63) is 71.4 Å². The lowest BCUT2D eigenvalue weighted by atomic mass is 10.0. The number of carbonyl (C=O) groups is 1. The summed E-state index contributed by atoms with van der Waals surface area (Å²) in [5.41, 5.74) is 0.520. The topological polar surface area (TPSA) is 100 Å². The van der Waals surface area contributed by atoms with E-state index in [0.717, 1.165) is 29.4 Å². The molecule has 0 bridgehead atoms. The number of aromatic nitrogens is 2. The highest BCUT2D eigenvalue weighted by atomic mass is 32.2. The van der Waals surface area contributed by atoms with Crippen molar-refractivity contribution in [1.29, 1.82) is 0 Å². The lowest BCUT2D eigenvalue weighted by Crippen LogP contribution is -2.40. The van der Waals surface area contributed by atoms with Gasteiger partial charge in [-0.3, -0.25) is 4.90 Å². The Bertz CT molecular complexity index is 1250. The Hall–Kier alpha value is -3.48. The quantitative estimate of drug-likeness (QED) is 0.308. The molecule has 1 aromatic heterocycles. The fraction of sp³-hybridized carbons (Fsp3) is 0.261. The number of halogens is 2. The highest BCUT2D eigenvalue weighted by Crippen LogP contribution is 2.41. The predicted octanol–water partition coefficient (Wildman–Crippen LogP) is 5.45. The summed E-state index contributed by atoms with van der Waals surface area (Å²) in [6.07, 6.45) is 2.49. The fourth-order valence-electron chi connectivity index (χ4n) is 3.68. The van der Waals surface area contributed by atoms with Crippen LogP contribution in [0.2, 0.25) is 0 Å². The van der Waals surface area contributed by atoms with Gasteiger partial charge >= 0.3 is 6.09 Å². The van der Waals surface area contributed by atoms with Gasteiger partial charge in [-0.1, -0.05) is 12.1 Å². The van der Waals surface area contributed by atoms with Crippen molar-refractivity contribution in [2.75, 3.05) is 4.72 Å². The average Bonchev–Trinajstić information content (AvgIpc) is 3.67. The molecule has 5 rings (SSSR count). The maximum Gasteiger partial charge on any atom is 0.416 e. The summed E-state index contributed by atoms with van der Waals surface area (Å²) < 4.78 is 44.9. The molecule has 2 heterocycles. The van der Waals surface area contributed by atoms with E-state index in [1.807, 2.05) is 0 Å². The molecule has 1 unspecified atom stereocenters. The molecule has 12 heteroatoms. The number of carbonyl (C=O) groups excluding carboxylic acids is 1. The first-order valence-corrected chi connectivity index (χ1v) is 11.6. The second-order valence-corrected chi connectivity index (χ2v) is 8.92. The summed E-state index contributed by atoms with van der Waals surface area (Å²) in [5, 5.41) is 17.3. The van der Waals surface area contributed by atoms with Gasteiger partial charge in [-0.25, -0.2) is 13.6 Å². The van der Waals surface area contributed by atoms with E-state index in [-0.39, 0.29) is 46.8 Å². The van der Waals surface area contributed by atoms with Crippen LogP contribution in [0.25, 0.3) is 0 Å². The fourth-order valence-corrected chi connectivity index (χ4v) is 4.39. The number of anilines is 1. The summed E-state index contributed by atoms with van der Waals surface area (Å²) in [6, 6.07) is 9.77. The number of ether oxygens (including phenoxy) is 2. The Balaban J connectivity index is 1.34. The molecule has 35 heavy (non-hydrogen) atoms. The number of benzene rings is 2. The van der Waals surface area contributed by atoms with Crippen molar-refractivity contribution >= 4 is 23.9 Å². The van der Waals surface area contributed by atoms with E-state index in [4.69, 9.17) is 9.47 Å². The molecule has 1 aliphatic carbocycles. The van der Waals surface area contributed by atoms with Gasteiger partial charge in [0.1, 0.15) is 17.3 Å². The lowest BCUT2D eigenvalue weighted by Gasteiger charge is -2.34. The van der Waals surface area contributed by atoms with Crippen molar-refractivity contribution in [2.45, 2.75) is 38.4 Å². The second-order valence-electron chi connectivity index (χ2n) is 8.16. The van der Waals surface area contributed by atoms with Crippen LogP contribution in [0.3, 0.4) is 0 Å². The highest BCUT2D eigenvalue weighted by molar-refractivity contribution is 7.98. The van der Waals surface area contributed by atoms with Crippen LogP contribution in [0.4, 0.5) is 19.3 Å². The van der Waals surface area contributed by atoms with Crippen molar-refractivity contribution in [2.24, 2.45) is 0 Å². The number of hydrogen-bond donors (Lipinski definition) is 2. The van der Waals surface area contributed by atoms with Gasteiger partial charge in [-0.2, -0.15) is 5.10 Å². The lowest BCUT2D eigenvalue weighted by molar-refractivity contribution is 0.00909. The molecule has 0 saturated heterocycles. The van der Waals surface area contributed by atoms with Crippen molar-refractivity contribution < 1.29 is 28.3 Å². The van der Waals surface area contributed by atoms with Gasteiger partial charge in [-0.15, -0.1) is 9.57 Å². The summed E-state index contributed by atoms with van der Waals surface area (Å²) >= 11 is 0.888. The highest BCUT2D eigenvalue weighted by Gasteiger charge is 2.35. The van der Waals surface area contributed by atoms with Gasteiger partial charge in [0, 0.05) is 36.0 Å². The van der Waals surface area contributed by atoms with Crippen LogP contribution in [0.15, 0.2) is 48.7 Å². The summed E-state index contributed by atoms with van der Waals surface area (Å²) in [6.45, 7) is 1.49. The van der Waals surface area contributed by atoms with Crippen molar-refractivity contribution in [3.8, 4) is 17.4 Å². The monoisotopic (exact) mass is 501 g/mol. The zero-order valence-corrected chi connectivity index (χ0v) is 19.3. The molecule has 1 atom stereocenters. The van der Waals surface area contributed by atoms with Gasteiger partial charge in [0.05, 0.1) is 36.0 Å². The zero-order chi connectivity index (χ0) is 24.5. The SMILES string of the molecule is CC1c2c(F)cc(Oc3cccnn3)cc2OC(=O)N1Cc1cccc(NSN(O)C2CC2)c1F. The van der Waals surface area contributed by atoms with Crippen molar-refractivity contribution in [1.82, 2.24) is 19.6 Å². The Morgan fingerprint density at radius 3 is 2.86 bits per heavy atom. The minimum absolute atomic E-state index is 0.0213. The first-order chi connectivity index (χ1) is 16.9. The van der Waals surface area contributed by atoms with E-state index in [1.165, 1.54) is 35.4 Å². The smallest absolute Gasteiger partial charge is 0.416 e. The number of hydrogen-bond acceptors (Lipinski definition) is 9. The molecule has 2 aliphatic rings. The average molecular weight is 502 g/mol. The van der Waals surface area contributed by atoms with Crippen LogP contribution in [0.5, 0.6) is 17.4 Å². The largest absolute Gasteiger partial charge is 0.437 e. The number of nitrogens with zero attached hydrogens (tertiary/aromatic N) is 4. The molecular formula is C23H21F2N5O4S. The number of rotatable bonds is 8. The van der Waals surface area contributed by atoms with Crippen LogP contribution in [0.1, 0.15) is 36.9 Å². The number of hydroxylamine groups is 1. The van der Waals surface area contributed by atoms with Crippen LogP contribution in [0, 0.1) is 11.6 Å². The standard InChI is InChI=1S/C23H21F2N5O4S/c1-13-21-17(24)10-16(33-20-6-3-9-26-27-20)11-19(21)34-23(31)29(13)12-14-4-2-5-18(22(14)25)28-35-30(32)15-7-8-15/h2-6,9-11,13,15,28,32H,7-8,12H2,1H3. The Morgan fingerprint density at radius 2 is 2.11 bits per heavy atom. The third-order valence-corrected chi connectivity index (χ3v) is 6.48. The van der Waals surface area contributed by atoms with Gasteiger partial charge in [0.25, 0.3) is 0 Å². The molecule has 1 amide bonds. The molecule has 182 valence electrons. The van der Waals surface area contributed by atoms with Crippen LogP contribution in [-0.4, -0.2) is 36.9 Å². The first kappa shape index (κ1) is 23.3. The van der Waals surface area contributed by atoms with E-state index in [1.54, 1.807) is 25.1 Å². The van der Waals surface area contributed by atoms with E-state index < -0.39 is 23.8 Å². The minimum atomic E-state index is -0.747. The van der Waals surface area contributed by atoms with Gasteiger partial charge in [-0.05, 0) is 31.9 Å². The zero-order valence-electron chi connectivity index (χ0n) is 18.5. The van der Waals surface area contributed by atoms with Gasteiger partial charge in [0.15, 0.2) is 5.82 Å². The molecule has 1 saturated carbocycles. The molecule has 1 fully saturated rings. The number of amides is 1. The van der Waals surface area contributed by atoms with Gasteiger partial charge in [0.2, 0.25) is 5.88 Å². The van der Waals surface area contributed by atoms with Crippen LogP contribution in [-0.2, 0) is 6.54 Å². The predicted molar refractivity (Wildman–Crippen MR) is 123 cm³/mol. The molecule has 9 nitrogen and oxygen atoms in total. The Labute approximate surface area is 203 Å². The maximum absolute atomic E-state index is 15.1. The Kier molecular flexibility index (Phi) is 6.41. The molecule has 3 aromatic rings. The van der Waals surface area contributed by atoms with E-state index in [0.29, 0.717) is 0 Å². The normalized spacial score (nSPS) is 17.2. The third kappa shape index (κ3) is 4.99. The first-order valence-electron chi connectivity index (χ1n) is 10.9. The van der Waals surface area contributed by atoms with Crippen LogP contribution >= 0.6 is 12.1 Å². The third-order valence-electron chi connectivity index (χ3n) is 5.68. The second kappa shape index (κ2) is 9.64. The molecule has 2 N–H and O–H groups in total. The summed E-state index contributed by atoms with van der Waals surface area (Å²) in [4.78, 5) is 14.0. The van der Waals surface area contributed by atoms with E-state index in [2.05, 4.69) is 14.9 Å². The van der Waals surface area contributed by atoms with Crippen molar-refractivity contribution in [3.63, 3.8) is 0 Å². The molecule has 2 aromatic carbocycles. The summed E-state index contributed by atoms with van der Waals surface area (Å²) in [7, 11) is 0. The van der Waals surface area contributed by atoms with E-state index in [9.17, 15) is 10.0 Å². The number of fused-ring (bicyclic) bond motifs is 1. The van der Waals surface area contributed by atoms with Crippen LogP contribution < -0.4 is 14.2 Å². The minimum Gasteiger partial charge on any atom is -0.437 e. The molecular weight excluding hydrogens is 480 g/mol. The molecule has 1 aliphatic heterocycles. The Morgan fingerprint density at radius 1 is 1.29 bits per heavy atom. The van der Waals surface area contributed by atoms with E-state index >= 15 is 8.78 Å². The molecule has 0 spiro atoms.